The first-order valence-electron chi connectivity index (χ1n) is 7.07. The number of aromatic nitrogens is 3. The molecule has 124 valence electrons. The Bertz CT molecular complexity index is 802. The molecule has 2 atom stereocenters. The van der Waals surface area contributed by atoms with E-state index in [4.69, 9.17) is 4.42 Å². The molecule has 0 aliphatic carbocycles. The van der Waals surface area contributed by atoms with Crippen molar-refractivity contribution in [3.63, 3.8) is 0 Å². The maximum absolute atomic E-state index is 15.2. The zero-order chi connectivity index (χ0) is 16.9. The average Bonchev–Trinajstić information content (AvgIpc) is 3.24. The summed E-state index contributed by atoms with van der Waals surface area (Å²) in [6.45, 7) is -1.75. The van der Waals surface area contributed by atoms with Gasteiger partial charge in [-0.1, -0.05) is 0 Å². The van der Waals surface area contributed by atoms with E-state index in [0.717, 1.165) is 22.5 Å². The lowest BCUT2D eigenvalue weighted by atomic mass is 9.93. The molecule has 0 radical (unpaired) electrons. The van der Waals surface area contributed by atoms with Gasteiger partial charge in [-0.15, -0.1) is 0 Å². The fraction of sp³-hybridized carbons (Fsp3) is 0.357. The van der Waals surface area contributed by atoms with Crippen molar-refractivity contribution in [2.75, 3.05) is 24.5 Å². The van der Waals surface area contributed by atoms with E-state index in [9.17, 15) is 9.59 Å². The zero-order valence-corrected chi connectivity index (χ0v) is 12.2. The first-order chi connectivity index (χ1) is 11.4. The molecule has 4 rings (SSSR count). The number of hydrogen-bond donors (Lipinski definition) is 0. The number of rotatable bonds is 2. The Morgan fingerprint density at radius 2 is 1.96 bits per heavy atom. The quantitative estimate of drug-likeness (QED) is 0.788. The maximum atomic E-state index is 15.2. The molecule has 10 heteroatoms. The van der Waals surface area contributed by atoms with Gasteiger partial charge < -0.3 is 14.2 Å². The van der Waals surface area contributed by atoms with Crippen molar-refractivity contribution in [2.45, 2.75) is 11.3 Å². The molecule has 0 bridgehead atoms. The van der Waals surface area contributed by atoms with Gasteiger partial charge in [-0.05, 0) is 0 Å². The minimum Gasteiger partial charge on any atom is -0.451 e. The van der Waals surface area contributed by atoms with Gasteiger partial charge in [0, 0.05) is 0 Å². The van der Waals surface area contributed by atoms with Gasteiger partial charge in [-0.2, -0.15) is 0 Å². The third kappa shape index (κ3) is 1.85. The molecule has 0 spiro atoms. The average molecular weight is 335 g/mol. The minimum atomic E-state index is -2.82. The number of halogens is 2. The zero-order valence-electron chi connectivity index (χ0n) is 12.2. The molecule has 2 saturated heterocycles. The molecule has 24 heavy (non-hydrogen) atoms. The standard InChI is InChI=1S/C14H11F2N5O3/c15-13-4-20(11(22)10-3-24-8-19-10)6-14(13,16)12(23)21(5-13)9-1-17-7-18-2-9/h1-3,7-8H,4-6H2/t13-,14+/m1/s1. The van der Waals surface area contributed by atoms with E-state index in [1.54, 1.807) is 0 Å². The highest BCUT2D eigenvalue weighted by molar-refractivity contribution is 6.05. The molecule has 2 aromatic heterocycles. The van der Waals surface area contributed by atoms with Crippen LogP contribution in [0, 0.1) is 0 Å². The Labute approximate surface area is 134 Å². The molecule has 0 unspecified atom stereocenters. The van der Waals surface area contributed by atoms with E-state index in [-0.39, 0.29) is 11.4 Å². The lowest BCUT2D eigenvalue weighted by Gasteiger charge is -2.21. The van der Waals surface area contributed by atoms with Gasteiger partial charge >= 0.3 is 0 Å². The maximum Gasteiger partial charge on any atom is 0.276 e. The summed E-state index contributed by atoms with van der Waals surface area (Å²) in [5.74, 6) is -1.73. The van der Waals surface area contributed by atoms with Gasteiger partial charge in [-0.3, -0.25) is 9.59 Å². The predicted octanol–water partition coefficient (Wildman–Crippen LogP) is 0.384. The van der Waals surface area contributed by atoms with Crippen LogP contribution in [0.4, 0.5) is 14.5 Å². The van der Waals surface area contributed by atoms with Crippen LogP contribution in [0.25, 0.3) is 0 Å². The number of hydrogen-bond acceptors (Lipinski definition) is 6. The van der Waals surface area contributed by atoms with Crippen molar-refractivity contribution < 1.29 is 22.8 Å². The van der Waals surface area contributed by atoms with Crippen LogP contribution in [0.15, 0.2) is 35.8 Å². The molecule has 8 nitrogen and oxygen atoms in total. The summed E-state index contributed by atoms with van der Waals surface area (Å²) >= 11 is 0. The molecule has 2 amide bonds. The van der Waals surface area contributed by atoms with E-state index in [2.05, 4.69) is 15.0 Å². The van der Waals surface area contributed by atoms with Crippen LogP contribution in [-0.4, -0.2) is 62.6 Å². The van der Waals surface area contributed by atoms with Gasteiger partial charge in [0.1, 0.15) is 12.6 Å². The molecule has 0 aromatic carbocycles. The number of carbonyl (C=O) groups is 2. The lowest BCUT2D eigenvalue weighted by Crippen LogP contribution is -2.47. The van der Waals surface area contributed by atoms with Gasteiger partial charge in [0.2, 0.25) is 5.67 Å². The van der Waals surface area contributed by atoms with Gasteiger partial charge in [0.05, 0.1) is 37.7 Å². The largest absolute Gasteiger partial charge is 0.451 e. The van der Waals surface area contributed by atoms with Crippen LogP contribution in [0.3, 0.4) is 0 Å². The number of oxazole rings is 1. The van der Waals surface area contributed by atoms with Crippen molar-refractivity contribution in [3.05, 3.63) is 37.1 Å². The SMILES string of the molecule is O=C(c1cocn1)N1C[C@@]2(F)CN(c3cncnc3)C(=O)[C@@]2(F)C1. The number of nitrogens with zero attached hydrogens (tertiary/aromatic N) is 5. The van der Waals surface area contributed by atoms with E-state index >= 15 is 8.78 Å². The number of carbonyl (C=O) groups excluding carboxylic acids is 2. The first-order valence-corrected chi connectivity index (χ1v) is 7.07. The fourth-order valence-electron chi connectivity index (χ4n) is 3.12. The number of anilines is 1. The summed E-state index contributed by atoms with van der Waals surface area (Å²) in [4.78, 5) is 37.7. The van der Waals surface area contributed by atoms with Crippen molar-refractivity contribution in [3.8, 4) is 0 Å². The summed E-state index contributed by atoms with van der Waals surface area (Å²) in [5, 5.41) is 0. The number of likely N-dealkylation sites (tertiary alicyclic amines) is 1. The molecule has 0 saturated carbocycles. The number of amides is 2. The van der Waals surface area contributed by atoms with Crippen molar-refractivity contribution >= 4 is 17.5 Å². The highest BCUT2D eigenvalue weighted by atomic mass is 19.2. The molecule has 2 aliphatic heterocycles. The second kappa shape index (κ2) is 4.79. The monoisotopic (exact) mass is 335 g/mol. The summed E-state index contributed by atoms with van der Waals surface area (Å²) < 4.78 is 35.1. The van der Waals surface area contributed by atoms with Gasteiger partial charge in [-0.25, -0.2) is 23.7 Å². The van der Waals surface area contributed by atoms with Crippen LogP contribution >= 0.6 is 0 Å². The summed E-state index contributed by atoms with van der Waals surface area (Å²) in [6, 6.07) is 0. The smallest absolute Gasteiger partial charge is 0.276 e. The Morgan fingerprint density at radius 1 is 1.21 bits per heavy atom. The van der Waals surface area contributed by atoms with Crippen LogP contribution < -0.4 is 4.90 Å². The predicted molar refractivity (Wildman–Crippen MR) is 74.5 cm³/mol. The Hall–Kier alpha value is -2.91. The molecule has 2 aliphatic rings. The summed E-state index contributed by atoms with van der Waals surface area (Å²) in [6.07, 6.45) is 5.98. The molecular weight excluding hydrogens is 324 g/mol. The highest BCUT2D eigenvalue weighted by Crippen LogP contribution is 2.46. The first kappa shape index (κ1) is 14.7. The number of fused-ring (bicyclic) bond motifs is 1. The van der Waals surface area contributed by atoms with E-state index in [1.807, 2.05) is 0 Å². The van der Waals surface area contributed by atoms with Crippen LogP contribution in [-0.2, 0) is 4.79 Å². The van der Waals surface area contributed by atoms with Crippen LogP contribution in [0.1, 0.15) is 10.5 Å². The van der Waals surface area contributed by atoms with Gasteiger partial charge in [0.15, 0.2) is 17.8 Å². The van der Waals surface area contributed by atoms with Crippen molar-refractivity contribution in [2.24, 2.45) is 0 Å². The van der Waals surface area contributed by atoms with Crippen molar-refractivity contribution in [1.29, 1.82) is 0 Å². The Kier molecular flexibility index (Phi) is 2.93. The van der Waals surface area contributed by atoms with Crippen LogP contribution in [0.5, 0.6) is 0 Å². The lowest BCUT2D eigenvalue weighted by molar-refractivity contribution is -0.130. The summed E-state index contributed by atoms with van der Waals surface area (Å²) in [7, 11) is 0. The fourth-order valence-corrected chi connectivity index (χ4v) is 3.12. The molecule has 4 heterocycles. The second-order valence-electron chi connectivity index (χ2n) is 5.79. The topological polar surface area (TPSA) is 92.4 Å². The van der Waals surface area contributed by atoms with E-state index in [0.29, 0.717) is 0 Å². The molecule has 0 N–H and O–H groups in total. The second-order valence-corrected chi connectivity index (χ2v) is 5.79. The third-order valence-corrected chi connectivity index (χ3v) is 4.35. The van der Waals surface area contributed by atoms with E-state index in [1.165, 1.54) is 18.7 Å². The summed E-state index contributed by atoms with van der Waals surface area (Å²) in [5.41, 5.74) is -5.19. The van der Waals surface area contributed by atoms with Gasteiger partial charge in [0.25, 0.3) is 11.8 Å². The molecule has 2 aromatic rings. The van der Waals surface area contributed by atoms with E-state index < -0.39 is 42.8 Å². The highest BCUT2D eigenvalue weighted by Gasteiger charge is 2.72. The van der Waals surface area contributed by atoms with Crippen molar-refractivity contribution in [1.82, 2.24) is 19.9 Å². The normalized spacial score (nSPS) is 29.2. The third-order valence-electron chi connectivity index (χ3n) is 4.35. The van der Waals surface area contributed by atoms with Crippen LogP contribution in [0.2, 0.25) is 0 Å². The molecular formula is C14H11F2N5O3. The number of alkyl halides is 2. The Morgan fingerprint density at radius 3 is 2.58 bits per heavy atom. The molecule has 2 fully saturated rings. The minimum absolute atomic E-state index is 0.0667. The Balaban J connectivity index is 1.62.